The highest BCUT2D eigenvalue weighted by Crippen LogP contribution is 2.25. The summed E-state index contributed by atoms with van der Waals surface area (Å²) in [5.74, 6) is 0.313. The lowest BCUT2D eigenvalue weighted by molar-refractivity contribution is -0.128. The molecule has 0 aliphatic carbocycles. The average molecular weight is 398 g/mol. The highest BCUT2D eigenvalue weighted by atomic mass is 32.2. The van der Waals surface area contributed by atoms with Crippen LogP contribution in [0.5, 0.6) is 0 Å². The summed E-state index contributed by atoms with van der Waals surface area (Å²) in [5, 5.41) is -0.213. The van der Waals surface area contributed by atoms with E-state index in [1.165, 1.54) is 18.1 Å². The highest BCUT2D eigenvalue weighted by molar-refractivity contribution is 8.01. The molecule has 1 atom stereocenters. The van der Waals surface area contributed by atoms with Crippen LogP contribution in [-0.4, -0.2) is 60.6 Å². The number of fused-ring (bicyclic) bond motifs is 1. The van der Waals surface area contributed by atoms with Gasteiger partial charge in [0, 0.05) is 13.1 Å². The van der Waals surface area contributed by atoms with Gasteiger partial charge in [-0.3, -0.25) is 4.79 Å². The summed E-state index contributed by atoms with van der Waals surface area (Å²) in [4.78, 5) is 38.5. The number of carbonyl (C=O) groups is 2. The van der Waals surface area contributed by atoms with E-state index in [9.17, 15) is 9.59 Å². The van der Waals surface area contributed by atoms with Gasteiger partial charge in [0.25, 0.3) is 0 Å². The van der Waals surface area contributed by atoms with Gasteiger partial charge < -0.3 is 19.9 Å². The maximum atomic E-state index is 12.3. The number of imidazole rings is 1. The van der Waals surface area contributed by atoms with E-state index < -0.39 is 5.97 Å². The molecule has 2 aromatic heterocycles. The third kappa shape index (κ3) is 3.63. The summed E-state index contributed by atoms with van der Waals surface area (Å²) in [6.45, 7) is 1.10. The van der Waals surface area contributed by atoms with Crippen molar-refractivity contribution in [2.45, 2.75) is 11.9 Å². The molecule has 1 saturated heterocycles. The van der Waals surface area contributed by atoms with Gasteiger partial charge in [0.05, 0.1) is 17.6 Å². The maximum absolute atomic E-state index is 12.3. The molecule has 0 bridgehead atoms. The third-order valence-electron chi connectivity index (χ3n) is 4.45. The van der Waals surface area contributed by atoms with Crippen LogP contribution < -0.4 is 5.73 Å². The molecule has 1 fully saturated rings. The Morgan fingerprint density at radius 3 is 2.86 bits per heavy atom. The topological polar surface area (TPSA) is 116 Å². The first-order valence-corrected chi connectivity index (χ1v) is 9.73. The fourth-order valence-corrected chi connectivity index (χ4v) is 4.06. The number of esters is 1. The van der Waals surface area contributed by atoms with Crippen molar-refractivity contribution in [3.8, 4) is 0 Å². The minimum Gasteiger partial charge on any atom is -0.459 e. The number of amides is 1. The monoisotopic (exact) mass is 398 g/mol. The first-order valence-electron chi connectivity index (χ1n) is 8.68. The maximum Gasteiger partial charge on any atom is 0.338 e. The molecule has 1 amide bonds. The minimum atomic E-state index is -0.395. The molecule has 144 valence electrons. The van der Waals surface area contributed by atoms with Crippen LogP contribution in [0.4, 0.5) is 5.82 Å². The van der Waals surface area contributed by atoms with Gasteiger partial charge >= 0.3 is 5.97 Å². The van der Waals surface area contributed by atoms with Crippen molar-refractivity contribution in [2.24, 2.45) is 0 Å². The Bertz CT molecular complexity index is 1010. The van der Waals surface area contributed by atoms with Crippen LogP contribution >= 0.6 is 11.8 Å². The number of thioether (sulfide) groups is 1. The van der Waals surface area contributed by atoms with E-state index in [2.05, 4.69) is 15.0 Å². The number of benzene rings is 1. The lowest BCUT2D eigenvalue weighted by atomic mass is 10.2. The van der Waals surface area contributed by atoms with Crippen LogP contribution in [0.2, 0.25) is 0 Å². The van der Waals surface area contributed by atoms with E-state index in [0.717, 1.165) is 0 Å². The van der Waals surface area contributed by atoms with E-state index in [0.29, 0.717) is 41.4 Å². The zero-order valence-electron chi connectivity index (χ0n) is 14.9. The Kier molecular flexibility index (Phi) is 5.11. The SMILES string of the molecule is Nc1ncnc2c1ncn2CCN1C(=O)CS[C@@H]1COC(=O)c1ccccc1. The zero-order valence-corrected chi connectivity index (χ0v) is 15.7. The number of carbonyl (C=O) groups excluding carboxylic acids is 2. The van der Waals surface area contributed by atoms with Gasteiger partial charge in [-0.15, -0.1) is 11.8 Å². The summed E-state index contributed by atoms with van der Waals surface area (Å²) in [6.07, 6.45) is 3.02. The fraction of sp³-hybridized carbons (Fsp3) is 0.278. The molecule has 3 aromatic rings. The van der Waals surface area contributed by atoms with Crippen molar-refractivity contribution in [1.29, 1.82) is 0 Å². The second-order valence-corrected chi connectivity index (χ2v) is 7.35. The molecule has 2 N–H and O–H groups in total. The lowest BCUT2D eigenvalue weighted by Gasteiger charge is -2.23. The summed E-state index contributed by atoms with van der Waals surface area (Å²) in [7, 11) is 0. The fourth-order valence-electron chi connectivity index (χ4n) is 2.99. The van der Waals surface area contributed by atoms with Crippen molar-refractivity contribution in [3.05, 3.63) is 48.5 Å². The van der Waals surface area contributed by atoms with Crippen LogP contribution in [0.3, 0.4) is 0 Å². The van der Waals surface area contributed by atoms with E-state index in [1.807, 2.05) is 10.6 Å². The normalized spacial score (nSPS) is 16.6. The smallest absolute Gasteiger partial charge is 0.338 e. The molecule has 3 heterocycles. The number of rotatable bonds is 6. The van der Waals surface area contributed by atoms with E-state index in [-0.39, 0.29) is 17.9 Å². The van der Waals surface area contributed by atoms with Crippen molar-refractivity contribution >= 4 is 40.6 Å². The molecule has 4 rings (SSSR count). The summed E-state index contributed by atoms with van der Waals surface area (Å²) in [6, 6.07) is 8.79. The van der Waals surface area contributed by atoms with E-state index in [4.69, 9.17) is 10.5 Å². The van der Waals surface area contributed by atoms with E-state index in [1.54, 1.807) is 35.5 Å². The predicted molar refractivity (Wildman–Crippen MR) is 104 cm³/mol. The van der Waals surface area contributed by atoms with Crippen LogP contribution in [0.15, 0.2) is 43.0 Å². The number of anilines is 1. The highest BCUT2D eigenvalue weighted by Gasteiger charge is 2.32. The molecule has 0 radical (unpaired) electrons. The molecule has 0 spiro atoms. The molecule has 0 unspecified atom stereocenters. The summed E-state index contributed by atoms with van der Waals surface area (Å²) >= 11 is 1.47. The molecule has 10 heteroatoms. The van der Waals surface area contributed by atoms with Gasteiger partial charge in [-0.1, -0.05) is 18.2 Å². The molecular weight excluding hydrogens is 380 g/mol. The first-order chi connectivity index (χ1) is 13.6. The molecule has 1 aliphatic rings. The Morgan fingerprint density at radius 2 is 2.04 bits per heavy atom. The van der Waals surface area contributed by atoms with Crippen LogP contribution in [0.1, 0.15) is 10.4 Å². The van der Waals surface area contributed by atoms with Crippen molar-refractivity contribution in [2.75, 3.05) is 24.6 Å². The minimum absolute atomic E-state index is 0.0179. The van der Waals surface area contributed by atoms with Gasteiger partial charge in [0.15, 0.2) is 11.5 Å². The number of aromatic nitrogens is 4. The molecule has 0 saturated carbocycles. The quantitative estimate of drug-likeness (QED) is 0.615. The summed E-state index contributed by atoms with van der Waals surface area (Å²) in [5.41, 5.74) is 7.46. The van der Waals surface area contributed by atoms with Crippen LogP contribution in [0.25, 0.3) is 11.2 Å². The Hall–Kier alpha value is -3.14. The number of nitrogens with zero attached hydrogens (tertiary/aromatic N) is 5. The predicted octanol–water partition coefficient (Wildman–Crippen LogP) is 1.17. The second-order valence-electron chi connectivity index (χ2n) is 6.19. The lowest BCUT2D eigenvalue weighted by Crippen LogP contribution is -2.38. The van der Waals surface area contributed by atoms with Gasteiger partial charge in [-0.25, -0.2) is 19.7 Å². The number of nitrogens with two attached hydrogens (primary N) is 1. The van der Waals surface area contributed by atoms with Crippen molar-refractivity contribution in [1.82, 2.24) is 24.4 Å². The largest absolute Gasteiger partial charge is 0.459 e. The van der Waals surface area contributed by atoms with E-state index >= 15 is 0 Å². The number of ether oxygens (including phenoxy) is 1. The average Bonchev–Trinajstić information content (AvgIpc) is 3.29. The first kappa shape index (κ1) is 18.2. The van der Waals surface area contributed by atoms with Crippen molar-refractivity contribution < 1.29 is 14.3 Å². The Morgan fingerprint density at radius 1 is 1.21 bits per heavy atom. The second kappa shape index (κ2) is 7.85. The number of hydrogen-bond donors (Lipinski definition) is 1. The molecule has 9 nitrogen and oxygen atoms in total. The van der Waals surface area contributed by atoms with Crippen molar-refractivity contribution in [3.63, 3.8) is 0 Å². The summed E-state index contributed by atoms with van der Waals surface area (Å²) < 4.78 is 7.23. The number of nitrogen functional groups attached to an aromatic ring is 1. The zero-order chi connectivity index (χ0) is 19.5. The molecule has 1 aliphatic heterocycles. The van der Waals surface area contributed by atoms with Gasteiger partial charge in [-0.2, -0.15) is 0 Å². The Labute approximate surface area is 164 Å². The van der Waals surface area contributed by atoms with Gasteiger partial charge in [0.2, 0.25) is 5.91 Å². The standard InChI is InChI=1S/C18H18N6O3S/c19-16-15-17(21-10-20-16)23(11-22-15)6-7-24-13(25)9-28-14(24)8-27-18(26)12-4-2-1-3-5-12/h1-5,10-11,14H,6-9H2,(H2,19,20,21)/t14-/m1/s1. The van der Waals surface area contributed by atoms with Gasteiger partial charge in [-0.05, 0) is 12.1 Å². The van der Waals surface area contributed by atoms with Crippen LogP contribution in [0, 0.1) is 0 Å². The third-order valence-corrected chi connectivity index (χ3v) is 5.63. The van der Waals surface area contributed by atoms with Gasteiger partial charge in [0.1, 0.15) is 23.8 Å². The van der Waals surface area contributed by atoms with Crippen LogP contribution in [-0.2, 0) is 16.1 Å². The molecule has 1 aromatic carbocycles. The number of hydrogen-bond acceptors (Lipinski definition) is 8. The molecule has 28 heavy (non-hydrogen) atoms. The molecular formula is C18H18N6O3S. The Balaban J connectivity index is 1.39.